The Morgan fingerprint density at radius 3 is 2.19 bits per heavy atom. The van der Waals surface area contributed by atoms with Crippen molar-refractivity contribution in [3.8, 4) is 0 Å². The van der Waals surface area contributed by atoms with E-state index in [4.69, 9.17) is 0 Å². The van der Waals surface area contributed by atoms with E-state index in [-0.39, 0.29) is 0 Å². The van der Waals surface area contributed by atoms with Crippen molar-refractivity contribution in [2.75, 3.05) is 6.54 Å². The number of hydrogen-bond donors (Lipinski definition) is 0. The van der Waals surface area contributed by atoms with Crippen LogP contribution in [0.3, 0.4) is 0 Å². The fourth-order valence-electron chi connectivity index (χ4n) is 2.50. The molecule has 2 aromatic rings. The molecular formula is C19H23NO. The zero-order chi connectivity index (χ0) is 15.1. The van der Waals surface area contributed by atoms with Gasteiger partial charge in [0, 0.05) is 13.1 Å². The van der Waals surface area contributed by atoms with Crippen LogP contribution in [-0.4, -0.2) is 17.9 Å². The minimum Gasteiger partial charge on any atom is -0.340 e. The third kappa shape index (κ3) is 4.45. The van der Waals surface area contributed by atoms with Crippen LogP contribution in [0.15, 0.2) is 54.6 Å². The largest absolute Gasteiger partial charge is 0.340 e. The summed E-state index contributed by atoms with van der Waals surface area (Å²) in [4.78, 5) is 13.2. The highest BCUT2D eigenvalue weighted by atomic mass is 16.1. The molecule has 2 rings (SSSR count). The van der Waals surface area contributed by atoms with Crippen LogP contribution in [0.4, 0.5) is 0 Å². The zero-order valence-corrected chi connectivity index (χ0v) is 12.8. The van der Waals surface area contributed by atoms with Crippen LogP contribution in [0.2, 0.25) is 0 Å². The van der Waals surface area contributed by atoms with Crippen molar-refractivity contribution in [1.29, 1.82) is 0 Å². The molecule has 0 N–H and O–H groups in total. The molecule has 0 heterocycles. The van der Waals surface area contributed by atoms with Gasteiger partial charge in [-0.25, -0.2) is 0 Å². The van der Waals surface area contributed by atoms with Crippen LogP contribution in [0.25, 0.3) is 0 Å². The summed E-state index contributed by atoms with van der Waals surface area (Å²) in [7, 11) is 0. The van der Waals surface area contributed by atoms with Gasteiger partial charge in [0.25, 0.3) is 0 Å². The number of rotatable bonds is 7. The lowest BCUT2D eigenvalue weighted by Gasteiger charge is -2.22. The van der Waals surface area contributed by atoms with E-state index in [1.54, 1.807) is 0 Å². The first-order valence-corrected chi connectivity index (χ1v) is 7.55. The van der Waals surface area contributed by atoms with Gasteiger partial charge in [0.05, 0.1) is 0 Å². The maximum atomic E-state index is 11.3. The fourth-order valence-corrected chi connectivity index (χ4v) is 2.50. The molecular weight excluding hydrogens is 258 g/mol. The summed E-state index contributed by atoms with van der Waals surface area (Å²) in [6, 6.07) is 18.8. The highest BCUT2D eigenvalue weighted by Gasteiger charge is 2.10. The summed E-state index contributed by atoms with van der Waals surface area (Å²) in [5, 5.41) is 0. The number of benzene rings is 2. The van der Waals surface area contributed by atoms with Crippen molar-refractivity contribution in [3.63, 3.8) is 0 Å². The molecule has 0 radical (unpaired) electrons. The quantitative estimate of drug-likeness (QED) is 0.702. The molecule has 0 saturated heterocycles. The summed E-state index contributed by atoms with van der Waals surface area (Å²) in [5.41, 5.74) is 3.78. The third-order valence-electron chi connectivity index (χ3n) is 3.84. The lowest BCUT2D eigenvalue weighted by atomic mass is 10.0. The predicted octanol–water partition coefficient (Wildman–Crippen LogP) is 4.01. The number of hydrogen-bond acceptors (Lipinski definition) is 1. The second-order valence-electron chi connectivity index (χ2n) is 5.52. The normalized spacial score (nSPS) is 11.9. The minimum atomic E-state index is 0.339. The Morgan fingerprint density at radius 1 is 1.00 bits per heavy atom. The summed E-state index contributed by atoms with van der Waals surface area (Å²) in [6.45, 7) is 5.72. The number of carbonyl (C=O) groups excluding carboxylic acids is 1. The highest BCUT2D eigenvalue weighted by Crippen LogP contribution is 2.17. The molecule has 0 spiro atoms. The van der Waals surface area contributed by atoms with Gasteiger partial charge in [-0.2, -0.15) is 0 Å². The van der Waals surface area contributed by atoms with E-state index in [0.717, 1.165) is 19.4 Å². The van der Waals surface area contributed by atoms with E-state index in [1.165, 1.54) is 16.7 Å². The van der Waals surface area contributed by atoms with Gasteiger partial charge in [0.1, 0.15) is 0 Å². The van der Waals surface area contributed by atoms with Crippen LogP contribution >= 0.6 is 0 Å². The standard InChI is InChI=1S/C19H23NO/c1-3-17-9-11-18(12-10-17)14-20(15-21)13-16(2)19-7-5-4-6-8-19/h4-12,15-16H,3,13-14H2,1-2H3. The van der Waals surface area contributed by atoms with Crippen molar-refractivity contribution < 1.29 is 4.79 Å². The van der Waals surface area contributed by atoms with Gasteiger partial charge in [-0.15, -0.1) is 0 Å². The third-order valence-corrected chi connectivity index (χ3v) is 3.84. The maximum Gasteiger partial charge on any atom is 0.210 e. The fraction of sp³-hybridized carbons (Fsp3) is 0.316. The first kappa shape index (κ1) is 15.3. The van der Waals surface area contributed by atoms with Crippen molar-refractivity contribution in [1.82, 2.24) is 4.90 Å². The van der Waals surface area contributed by atoms with Gasteiger partial charge in [-0.3, -0.25) is 4.79 Å². The van der Waals surface area contributed by atoms with Gasteiger partial charge in [-0.1, -0.05) is 68.4 Å². The van der Waals surface area contributed by atoms with E-state index >= 15 is 0 Å². The smallest absolute Gasteiger partial charge is 0.210 e. The molecule has 21 heavy (non-hydrogen) atoms. The van der Waals surface area contributed by atoms with Crippen LogP contribution in [-0.2, 0) is 17.8 Å². The van der Waals surface area contributed by atoms with E-state index in [1.807, 2.05) is 23.1 Å². The Morgan fingerprint density at radius 2 is 1.62 bits per heavy atom. The Labute approximate surface area is 127 Å². The Bertz CT molecular complexity index is 548. The second-order valence-corrected chi connectivity index (χ2v) is 5.52. The maximum absolute atomic E-state index is 11.3. The van der Waals surface area contributed by atoms with E-state index in [2.05, 4.69) is 50.2 Å². The molecule has 0 aliphatic rings. The highest BCUT2D eigenvalue weighted by molar-refractivity contribution is 5.47. The molecule has 1 unspecified atom stereocenters. The topological polar surface area (TPSA) is 20.3 Å². The molecule has 0 aliphatic heterocycles. The Hall–Kier alpha value is -2.09. The number of carbonyl (C=O) groups is 1. The molecule has 2 heteroatoms. The molecule has 1 atom stereocenters. The first-order chi connectivity index (χ1) is 10.2. The summed E-state index contributed by atoms with van der Waals surface area (Å²) in [6.07, 6.45) is 2.00. The molecule has 0 bridgehead atoms. The molecule has 110 valence electrons. The van der Waals surface area contributed by atoms with Crippen LogP contribution in [0.5, 0.6) is 0 Å². The van der Waals surface area contributed by atoms with Crippen LogP contribution in [0, 0.1) is 0 Å². The second kappa shape index (κ2) is 7.63. The van der Waals surface area contributed by atoms with E-state index < -0.39 is 0 Å². The summed E-state index contributed by atoms with van der Waals surface area (Å²) in [5.74, 6) is 0.339. The van der Waals surface area contributed by atoms with Gasteiger partial charge < -0.3 is 4.90 Å². The van der Waals surface area contributed by atoms with Crippen molar-refractivity contribution in [2.24, 2.45) is 0 Å². The molecule has 1 amide bonds. The lowest BCUT2D eigenvalue weighted by molar-refractivity contribution is -0.118. The van der Waals surface area contributed by atoms with Crippen LogP contribution < -0.4 is 0 Å². The first-order valence-electron chi connectivity index (χ1n) is 7.55. The molecule has 2 nitrogen and oxygen atoms in total. The molecule has 0 aromatic heterocycles. The van der Waals surface area contributed by atoms with Crippen LogP contribution in [0.1, 0.15) is 36.5 Å². The average Bonchev–Trinajstić information content (AvgIpc) is 2.55. The molecule has 0 saturated carbocycles. The SMILES string of the molecule is CCc1ccc(CN(C=O)CC(C)c2ccccc2)cc1. The average molecular weight is 281 g/mol. The molecule has 2 aromatic carbocycles. The van der Waals surface area contributed by atoms with Crippen molar-refractivity contribution in [3.05, 3.63) is 71.3 Å². The Kier molecular flexibility index (Phi) is 5.56. The van der Waals surface area contributed by atoms with Gasteiger partial charge in [0.2, 0.25) is 6.41 Å². The predicted molar refractivity (Wildman–Crippen MR) is 87.2 cm³/mol. The van der Waals surface area contributed by atoms with E-state index in [0.29, 0.717) is 12.5 Å². The van der Waals surface area contributed by atoms with Gasteiger partial charge in [-0.05, 0) is 29.0 Å². The minimum absolute atomic E-state index is 0.339. The number of aryl methyl sites for hydroxylation is 1. The van der Waals surface area contributed by atoms with Crippen molar-refractivity contribution >= 4 is 6.41 Å². The van der Waals surface area contributed by atoms with Crippen molar-refractivity contribution in [2.45, 2.75) is 32.7 Å². The molecule has 0 fully saturated rings. The lowest BCUT2D eigenvalue weighted by Crippen LogP contribution is -2.26. The number of amides is 1. The Balaban J connectivity index is 1.97. The van der Waals surface area contributed by atoms with Gasteiger partial charge >= 0.3 is 0 Å². The molecule has 0 aliphatic carbocycles. The summed E-state index contributed by atoms with van der Waals surface area (Å²) < 4.78 is 0. The van der Waals surface area contributed by atoms with Gasteiger partial charge in [0.15, 0.2) is 0 Å². The number of nitrogens with zero attached hydrogens (tertiary/aromatic N) is 1. The van der Waals surface area contributed by atoms with E-state index in [9.17, 15) is 4.79 Å². The monoisotopic (exact) mass is 281 g/mol. The summed E-state index contributed by atoms with van der Waals surface area (Å²) >= 11 is 0. The zero-order valence-electron chi connectivity index (χ0n) is 12.8.